The van der Waals surface area contributed by atoms with Gasteiger partial charge in [-0.1, -0.05) is 12.1 Å². The van der Waals surface area contributed by atoms with Crippen LogP contribution >= 0.6 is 0 Å². The van der Waals surface area contributed by atoms with Crippen LogP contribution in [0.25, 0.3) is 10.9 Å². The first-order chi connectivity index (χ1) is 18.9. The molecule has 1 aliphatic heterocycles. The van der Waals surface area contributed by atoms with Crippen LogP contribution in [0.15, 0.2) is 66.7 Å². The molecule has 0 unspecified atom stereocenters. The molecule has 0 saturated carbocycles. The molecule has 0 bridgehead atoms. The summed E-state index contributed by atoms with van der Waals surface area (Å²) < 4.78 is 10.6. The minimum atomic E-state index is -0.405. The van der Waals surface area contributed by atoms with Gasteiger partial charge in [0, 0.05) is 43.7 Å². The number of nitrogens with two attached hydrogens (primary N) is 1. The molecular formula is C29H30N6O4. The highest BCUT2D eigenvalue weighted by Gasteiger charge is 2.19. The second-order valence-electron chi connectivity index (χ2n) is 9.38. The van der Waals surface area contributed by atoms with E-state index < -0.39 is 5.97 Å². The lowest BCUT2D eigenvalue weighted by Crippen LogP contribution is -2.45. The van der Waals surface area contributed by atoms with Crippen molar-refractivity contribution in [2.75, 3.05) is 51.0 Å². The SMILES string of the molecule is COC(=O)c1ccc(Oc2cccc(CNC(=O)c3ccc4c(N5CCN(C)CC5)nc(N)nc4c3)c2)cc1. The zero-order valence-corrected chi connectivity index (χ0v) is 21.9. The van der Waals surface area contributed by atoms with Gasteiger partial charge in [0.25, 0.3) is 5.91 Å². The fourth-order valence-corrected chi connectivity index (χ4v) is 4.45. The molecule has 200 valence electrons. The monoisotopic (exact) mass is 526 g/mol. The van der Waals surface area contributed by atoms with Crippen molar-refractivity contribution in [3.8, 4) is 11.5 Å². The van der Waals surface area contributed by atoms with Gasteiger partial charge in [0.1, 0.15) is 17.3 Å². The summed E-state index contributed by atoms with van der Waals surface area (Å²) in [7, 11) is 3.44. The standard InChI is InChI=1S/C29H30N6O4/c1-34-12-14-35(15-13-34)26-24-11-8-21(17-25(24)32-29(30)33-26)27(36)31-18-19-4-3-5-23(16-19)39-22-9-6-20(7-10-22)28(37)38-2/h3-11,16-17H,12-15,18H2,1-2H3,(H,31,36)(H2,30,32,33). The van der Waals surface area contributed by atoms with Gasteiger partial charge in [-0.15, -0.1) is 0 Å². The van der Waals surface area contributed by atoms with E-state index in [0.717, 1.165) is 42.9 Å². The maximum Gasteiger partial charge on any atom is 0.337 e. The molecule has 3 aromatic carbocycles. The number of hydrogen-bond acceptors (Lipinski definition) is 9. The summed E-state index contributed by atoms with van der Waals surface area (Å²) in [4.78, 5) is 38.0. The average Bonchev–Trinajstić information content (AvgIpc) is 2.95. The van der Waals surface area contributed by atoms with Crippen molar-refractivity contribution < 1.29 is 19.1 Å². The van der Waals surface area contributed by atoms with Gasteiger partial charge < -0.3 is 30.3 Å². The second-order valence-corrected chi connectivity index (χ2v) is 9.38. The molecule has 4 aromatic rings. The molecule has 0 aliphatic carbocycles. The molecule has 10 heteroatoms. The molecule has 0 spiro atoms. The summed E-state index contributed by atoms with van der Waals surface area (Å²) in [5.41, 5.74) is 8.47. The minimum absolute atomic E-state index is 0.186. The molecule has 5 rings (SSSR count). The van der Waals surface area contributed by atoms with Crippen LogP contribution in [-0.4, -0.2) is 67.1 Å². The maximum absolute atomic E-state index is 13.0. The average molecular weight is 527 g/mol. The number of amides is 1. The van der Waals surface area contributed by atoms with E-state index in [-0.39, 0.29) is 11.9 Å². The fourth-order valence-electron chi connectivity index (χ4n) is 4.45. The lowest BCUT2D eigenvalue weighted by Gasteiger charge is -2.33. The Labute approximate surface area is 226 Å². The van der Waals surface area contributed by atoms with E-state index >= 15 is 0 Å². The lowest BCUT2D eigenvalue weighted by atomic mass is 10.1. The van der Waals surface area contributed by atoms with E-state index in [2.05, 4.69) is 32.1 Å². The summed E-state index contributed by atoms with van der Waals surface area (Å²) >= 11 is 0. The van der Waals surface area contributed by atoms with E-state index in [1.165, 1.54) is 7.11 Å². The Morgan fingerprint density at radius 3 is 2.41 bits per heavy atom. The van der Waals surface area contributed by atoms with Crippen LogP contribution in [-0.2, 0) is 11.3 Å². The number of esters is 1. The van der Waals surface area contributed by atoms with Gasteiger partial charge in [-0.2, -0.15) is 4.98 Å². The van der Waals surface area contributed by atoms with Crippen molar-refractivity contribution in [2.45, 2.75) is 6.54 Å². The lowest BCUT2D eigenvalue weighted by molar-refractivity contribution is 0.0600. The number of hydrogen-bond donors (Lipinski definition) is 2. The number of piperazine rings is 1. The van der Waals surface area contributed by atoms with Crippen molar-refractivity contribution in [2.24, 2.45) is 0 Å². The molecule has 1 saturated heterocycles. The highest BCUT2D eigenvalue weighted by molar-refractivity contribution is 6.00. The number of nitrogen functional groups attached to an aromatic ring is 1. The van der Waals surface area contributed by atoms with Gasteiger partial charge in [-0.25, -0.2) is 9.78 Å². The molecule has 39 heavy (non-hydrogen) atoms. The Morgan fingerprint density at radius 2 is 1.67 bits per heavy atom. The molecule has 1 amide bonds. The van der Waals surface area contributed by atoms with Crippen molar-refractivity contribution in [1.82, 2.24) is 20.2 Å². The predicted octanol–water partition coefficient (Wildman–Crippen LogP) is 3.47. The Kier molecular flexibility index (Phi) is 7.55. The number of ether oxygens (including phenoxy) is 2. The van der Waals surface area contributed by atoms with Gasteiger partial charge in [0.15, 0.2) is 0 Å². The van der Waals surface area contributed by atoms with Crippen LogP contribution in [0.3, 0.4) is 0 Å². The number of likely N-dealkylation sites (N-methyl/N-ethyl adjacent to an activating group) is 1. The molecule has 2 heterocycles. The minimum Gasteiger partial charge on any atom is -0.465 e. The summed E-state index contributed by atoms with van der Waals surface area (Å²) in [6.45, 7) is 3.91. The molecule has 0 radical (unpaired) electrons. The zero-order chi connectivity index (χ0) is 27.4. The highest BCUT2D eigenvalue weighted by Crippen LogP contribution is 2.27. The third-order valence-electron chi connectivity index (χ3n) is 6.62. The van der Waals surface area contributed by atoms with Crippen molar-refractivity contribution in [3.63, 3.8) is 0 Å². The summed E-state index contributed by atoms with van der Waals surface area (Å²) in [6.07, 6.45) is 0. The first-order valence-electron chi connectivity index (χ1n) is 12.6. The summed E-state index contributed by atoms with van der Waals surface area (Å²) in [6, 6.07) is 19.5. The van der Waals surface area contributed by atoms with Crippen molar-refractivity contribution in [3.05, 3.63) is 83.4 Å². The number of aromatic nitrogens is 2. The molecule has 1 aromatic heterocycles. The molecule has 1 aliphatic rings. The number of anilines is 2. The zero-order valence-electron chi connectivity index (χ0n) is 21.9. The number of methoxy groups -OCH3 is 1. The Balaban J connectivity index is 1.25. The van der Waals surface area contributed by atoms with E-state index in [4.69, 9.17) is 15.2 Å². The number of nitrogens with zero attached hydrogens (tertiary/aromatic N) is 4. The quantitative estimate of drug-likeness (QED) is 0.349. The summed E-state index contributed by atoms with van der Waals surface area (Å²) in [5, 5.41) is 3.83. The van der Waals surface area contributed by atoms with Gasteiger partial charge >= 0.3 is 5.97 Å². The number of nitrogens with one attached hydrogen (secondary N) is 1. The Morgan fingerprint density at radius 1 is 0.923 bits per heavy atom. The molecular weight excluding hydrogens is 496 g/mol. The molecule has 10 nitrogen and oxygen atoms in total. The van der Waals surface area contributed by atoms with Crippen LogP contribution in [0.5, 0.6) is 11.5 Å². The largest absolute Gasteiger partial charge is 0.465 e. The van der Waals surface area contributed by atoms with E-state index in [1.54, 1.807) is 36.4 Å². The fraction of sp³-hybridized carbons (Fsp3) is 0.241. The maximum atomic E-state index is 13.0. The number of rotatable bonds is 7. The first-order valence-corrected chi connectivity index (χ1v) is 12.6. The van der Waals surface area contributed by atoms with Crippen LogP contribution in [0.1, 0.15) is 26.3 Å². The smallest absolute Gasteiger partial charge is 0.337 e. The predicted molar refractivity (Wildman–Crippen MR) is 149 cm³/mol. The topological polar surface area (TPSA) is 123 Å². The van der Waals surface area contributed by atoms with Crippen molar-refractivity contribution >= 4 is 34.5 Å². The third-order valence-corrected chi connectivity index (χ3v) is 6.62. The van der Waals surface area contributed by atoms with Gasteiger partial charge in [-0.05, 0) is 67.2 Å². The number of benzene rings is 3. The van der Waals surface area contributed by atoms with Crippen molar-refractivity contribution in [1.29, 1.82) is 0 Å². The van der Waals surface area contributed by atoms with E-state index in [9.17, 15) is 9.59 Å². The van der Waals surface area contributed by atoms with Crippen LogP contribution in [0.2, 0.25) is 0 Å². The summed E-state index contributed by atoms with van der Waals surface area (Å²) in [5.74, 6) is 1.55. The van der Waals surface area contributed by atoms with E-state index in [0.29, 0.717) is 34.7 Å². The van der Waals surface area contributed by atoms with Gasteiger partial charge in [0.05, 0.1) is 18.2 Å². The number of carbonyl (C=O) groups is 2. The second kappa shape index (κ2) is 11.4. The third kappa shape index (κ3) is 6.07. The van der Waals surface area contributed by atoms with E-state index in [1.807, 2.05) is 30.3 Å². The normalized spacial score (nSPS) is 13.7. The first kappa shape index (κ1) is 25.9. The van der Waals surface area contributed by atoms with Crippen LogP contribution < -0.4 is 20.7 Å². The van der Waals surface area contributed by atoms with Gasteiger partial charge in [-0.3, -0.25) is 4.79 Å². The molecule has 3 N–H and O–H groups in total. The molecule has 1 fully saturated rings. The Hall–Kier alpha value is -4.70. The van der Waals surface area contributed by atoms with Crippen LogP contribution in [0.4, 0.5) is 11.8 Å². The highest BCUT2D eigenvalue weighted by atomic mass is 16.5. The number of carbonyl (C=O) groups excluding carboxylic acids is 2. The molecule has 0 atom stereocenters. The number of fused-ring (bicyclic) bond motifs is 1. The van der Waals surface area contributed by atoms with Gasteiger partial charge in [0.2, 0.25) is 5.95 Å². The van der Waals surface area contributed by atoms with Crippen LogP contribution in [0, 0.1) is 0 Å². The Bertz CT molecular complexity index is 1500.